The second-order valence-electron chi connectivity index (χ2n) is 8.62. The Hall–Kier alpha value is -2.47. The smallest absolute Gasteiger partial charge is 0.243 e. The number of carbonyl (C=O) groups is 1. The molecule has 0 saturated carbocycles. The first-order valence-electron chi connectivity index (χ1n) is 11.0. The summed E-state index contributed by atoms with van der Waals surface area (Å²) in [5.74, 6) is -0.392. The first-order chi connectivity index (χ1) is 15.9. The highest BCUT2D eigenvalue weighted by Crippen LogP contribution is 2.30. The molecule has 2 N–H and O–H groups in total. The van der Waals surface area contributed by atoms with E-state index in [4.69, 9.17) is 4.74 Å². The van der Waals surface area contributed by atoms with Crippen molar-refractivity contribution in [3.05, 3.63) is 48.0 Å². The van der Waals surface area contributed by atoms with Crippen molar-refractivity contribution in [2.24, 2.45) is 5.92 Å². The standard InChI is InChI=1S/C23H31N3O6S2/c1-16(2)25-33(28,29)20-9-10-22(32-4)21(15-20)24-23(27)18-11-13-26(14-12-18)34(30,31)19-7-5-17(3)6-8-19/h5-10,15-16,18,25H,11-14H2,1-4H3,(H,24,27). The number of carbonyl (C=O) groups excluding carboxylic acids is 1. The summed E-state index contributed by atoms with van der Waals surface area (Å²) < 4.78 is 60.0. The Morgan fingerprint density at radius 1 is 1.00 bits per heavy atom. The van der Waals surface area contributed by atoms with Crippen LogP contribution < -0.4 is 14.8 Å². The molecule has 3 rings (SSSR count). The van der Waals surface area contributed by atoms with E-state index < -0.39 is 26.0 Å². The summed E-state index contributed by atoms with van der Waals surface area (Å²) in [7, 11) is -5.94. The third kappa shape index (κ3) is 5.96. The number of sulfonamides is 2. The first-order valence-corrected chi connectivity index (χ1v) is 13.9. The number of nitrogens with zero attached hydrogens (tertiary/aromatic N) is 1. The zero-order valence-corrected chi connectivity index (χ0v) is 21.4. The molecular weight excluding hydrogens is 478 g/mol. The first kappa shape index (κ1) is 26.1. The summed E-state index contributed by atoms with van der Waals surface area (Å²) in [6.45, 7) is 5.77. The van der Waals surface area contributed by atoms with Gasteiger partial charge in [-0.15, -0.1) is 0 Å². The van der Waals surface area contributed by atoms with Gasteiger partial charge < -0.3 is 10.1 Å². The van der Waals surface area contributed by atoms with Crippen molar-refractivity contribution in [1.29, 1.82) is 0 Å². The van der Waals surface area contributed by atoms with Gasteiger partial charge in [0.25, 0.3) is 0 Å². The van der Waals surface area contributed by atoms with Crippen LogP contribution in [0.4, 0.5) is 5.69 Å². The number of hydrogen-bond donors (Lipinski definition) is 2. The molecule has 34 heavy (non-hydrogen) atoms. The van der Waals surface area contributed by atoms with Crippen molar-refractivity contribution in [2.75, 3.05) is 25.5 Å². The third-order valence-corrected chi connectivity index (χ3v) is 9.18. The molecule has 1 saturated heterocycles. The number of amides is 1. The van der Waals surface area contributed by atoms with Gasteiger partial charge in [-0.3, -0.25) is 4.79 Å². The predicted molar refractivity (Wildman–Crippen MR) is 130 cm³/mol. The fourth-order valence-electron chi connectivity index (χ4n) is 3.78. The largest absolute Gasteiger partial charge is 0.495 e. The molecule has 1 aliphatic rings. The van der Waals surface area contributed by atoms with Gasteiger partial charge in [0.1, 0.15) is 5.75 Å². The summed E-state index contributed by atoms with van der Waals surface area (Å²) in [4.78, 5) is 13.2. The van der Waals surface area contributed by atoms with Crippen LogP contribution in [0.3, 0.4) is 0 Å². The lowest BCUT2D eigenvalue weighted by Gasteiger charge is -2.30. The minimum atomic E-state index is -3.75. The Kier molecular flexibility index (Phi) is 8.02. The minimum absolute atomic E-state index is 0.0105. The molecule has 1 amide bonds. The number of aryl methyl sites for hydroxylation is 1. The fraction of sp³-hybridized carbons (Fsp3) is 0.435. The number of hydrogen-bond acceptors (Lipinski definition) is 6. The van der Waals surface area contributed by atoms with E-state index in [9.17, 15) is 21.6 Å². The monoisotopic (exact) mass is 509 g/mol. The van der Waals surface area contributed by atoms with Crippen LogP contribution in [0.1, 0.15) is 32.3 Å². The normalized spacial score (nSPS) is 15.9. The van der Waals surface area contributed by atoms with Crippen molar-refractivity contribution in [2.45, 2.75) is 49.4 Å². The summed E-state index contributed by atoms with van der Waals surface area (Å²) in [5, 5.41) is 2.76. The van der Waals surface area contributed by atoms with E-state index in [1.807, 2.05) is 6.92 Å². The number of methoxy groups -OCH3 is 1. The van der Waals surface area contributed by atoms with Crippen LogP contribution >= 0.6 is 0 Å². The van der Waals surface area contributed by atoms with E-state index >= 15 is 0 Å². The van der Waals surface area contributed by atoms with Gasteiger partial charge in [-0.25, -0.2) is 21.6 Å². The molecule has 11 heteroatoms. The Bertz CT molecular complexity index is 1230. The van der Waals surface area contributed by atoms with Crippen molar-refractivity contribution in [1.82, 2.24) is 9.03 Å². The molecular formula is C23H31N3O6S2. The van der Waals surface area contributed by atoms with Gasteiger partial charge in [0.15, 0.2) is 0 Å². The third-order valence-electron chi connectivity index (χ3n) is 5.61. The lowest BCUT2D eigenvalue weighted by atomic mass is 9.97. The van der Waals surface area contributed by atoms with E-state index in [1.54, 1.807) is 38.1 Å². The molecule has 1 fully saturated rings. The minimum Gasteiger partial charge on any atom is -0.495 e. The molecule has 0 bridgehead atoms. The Morgan fingerprint density at radius 2 is 1.59 bits per heavy atom. The number of anilines is 1. The summed E-state index contributed by atoms with van der Waals surface area (Å²) >= 11 is 0. The van der Waals surface area contributed by atoms with Crippen LogP contribution in [-0.4, -0.2) is 53.3 Å². The quantitative estimate of drug-likeness (QED) is 0.564. The van der Waals surface area contributed by atoms with Gasteiger partial charge in [-0.05, 0) is 63.9 Å². The Balaban J connectivity index is 1.70. The number of piperidine rings is 1. The van der Waals surface area contributed by atoms with Crippen LogP contribution in [0.5, 0.6) is 5.75 Å². The predicted octanol–water partition coefficient (Wildman–Crippen LogP) is 2.73. The van der Waals surface area contributed by atoms with Gasteiger partial charge in [0.05, 0.1) is 22.6 Å². The van der Waals surface area contributed by atoms with Gasteiger partial charge in [-0.2, -0.15) is 4.31 Å². The van der Waals surface area contributed by atoms with Crippen molar-refractivity contribution in [3.8, 4) is 5.75 Å². The maximum Gasteiger partial charge on any atom is 0.243 e. The molecule has 2 aromatic carbocycles. The molecule has 0 aromatic heterocycles. The average Bonchev–Trinajstić information content (AvgIpc) is 2.78. The lowest BCUT2D eigenvalue weighted by Crippen LogP contribution is -2.41. The zero-order chi connectivity index (χ0) is 25.1. The van der Waals surface area contributed by atoms with Crippen molar-refractivity contribution in [3.63, 3.8) is 0 Å². The molecule has 186 valence electrons. The second kappa shape index (κ2) is 10.4. The maximum atomic E-state index is 12.9. The number of ether oxygens (including phenoxy) is 1. The fourth-order valence-corrected chi connectivity index (χ4v) is 6.53. The average molecular weight is 510 g/mol. The highest BCUT2D eigenvalue weighted by atomic mass is 32.2. The highest BCUT2D eigenvalue weighted by Gasteiger charge is 2.32. The van der Waals surface area contributed by atoms with Gasteiger partial charge in [0.2, 0.25) is 26.0 Å². The van der Waals surface area contributed by atoms with Crippen LogP contribution in [-0.2, 0) is 24.8 Å². The molecule has 1 aliphatic heterocycles. The van der Waals surface area contributed by atoms with Crippen LogP contribution in [0.2, 0.25) is 0 Å². The lowest BCUT2D eigenvalue weighted by molar-refractivity contribution is -0.120. The second-order valence-corrected chi connectivity index (χ2v) is 12.3. The van der Waals surface area contributed by atoms with Crippen LogP contribution in [0.25, 0.3) is 0 Å². The van der Waals surface area contributed by atoms with Gasteiger partial charge in [-0.1, -0.05) is 17.7 Å². The van der Waals surface area contributed by atoms with E-state index in [1.165, 1.54) is 29.6 Å². The topological polar surface area (TPSA) is 122 Å². The van der Waals surface area contributed by atoms with E-state index in [0.717, 1.165) is 5.56 Å². The van der Waals surface area contributed by atoms with E-state index in [0.29, 0.717) is 18.6 Å². The van der Waals surface area contributed by atoms with Crippen LogP contribution in [0, 0.1) is 12.8 Å². The summed E-state index contributed by atoms with van der Waals surface area (Å²) in [6.07, 6.45) is 0.707. The van der Waals surface area contributed by atoms with Crippen molar-refractivity contribution < 1.29 is 26.4 Å². The number of nitrogens with one attached hydrogen (secondary N) is 2. The molecule has 0 radical (unpaired) electrons. The molecule has 0 unspecified atom stereocenters. The Labute approximate surface area is 201 Å². The molecule has 0 spiro atoms. The highest BCUT2D eigenvalue weighted by molar-refractivity contribution is 7.89. The number of benzene rings is 2. The van der Waals surface area contributed by atoms with E-state index in [-0.39, 0.29) is 40.5 Å². The van der Waals surface area contributed by atoms with Gasteiger partial charge >= 0.3 is 0 Å². The summed E-state index contributed by atoms with van der Waals surface area (Å²) in [6, 6.07) is 10.7. The molecule has 2 aromatic rings. The van der Waals surface area contributed by atoms with E-state index in [2.05, 4.69) is 10.0 Å². The number of rotatable bonds is 8. The molecule has 0 atom stereocenters. The zero-order valence-electron chi connectivity index (χ0n) is 19.7. The Morgan fingerprint density at radius 3 is 2.15 bits per heavy atom. The molecule has 1 heterocycles. The molecule has 9 nitrogen and oxygen atoms in total. The van der Waals surface area contributed by atoms with Crippen LogP contribution in [0.15, 0.2) is 52.3 Å². The molecule has 0 aliphatic carbocycles. The van der Waals surface area contributed by atoms with Crippen molar-refractivity contribution >= 4 is 31.6 Å². The maximum absolute atomic E-state index is 12.9. The van der Waals surface area contributed by atoms with Gasteiger partial charge in [0, 0.05) is 25.0 Å². The summed E-state index contributed by atoms with van der Waals surface area (Å²) in [5.41, 5.74) is 1.22. The SMILES string of the molecule is COc1ccc(S(=O)(=O)NC(C)C)cc1NC(=O)C1CCN(S(=O)(=O)c2ccc(C)cc2)CC1.